The van der Waals surface area contributed by atoms with Crippen LogP contribution in [-0.4, -0.2) is 37.3 Å². The second-order valence-corrected chi connectivity index (χ2v) is 10.1. The molecule has 4 aromatic rings. The van der Waals surface area contributed by atoms with Gasteiger partial charge in [0.25, 0.3) is 5.91 Å². The van der Waals surface area contributed by atoms with Crippen molar-refractivity contribution in [3.8, 4) is 11.3 Å². The fraction of sp³-hybridized carbons (Fsp3) is 0.192. The Kier molecular flexibility index (Phi) is 8.29. The normalized spacial score (nSPS) is 10.7. The molecule has 2 amide bonds. The van der Waals surface area contributed by atoms with Crippen LogP contribution in [0.1, 0.15) is 26.6 Å². The van der Waals surface area contributed by atoms with E-state index in [1.807, 2.05) is 60.9 Å². The largest absolute Gasteiger partial charge is 0.345 e. The molecule has 184 valence electrons. The highest BCUT2D eigenvalue weighted by molar-refractivity contribution is 7.99. The first-order valence-electron chi connectivity index (χ1n) is 11.3. The molecule has 2 aromatic heterocycles. The van der Waals surface area contributed by atoms with Crippen molar-refractivity contribution < 1.29 is 9.59 Å². The van der Waals surface area contributed by atoms with E-state index in [1.165, 1.54) is 23.1 Å². The number of rotatable bonds is 10. The summed E-state index contributed by atoms with van der Waals surface area (Å²) in [4.78, 5) is 30.7. The molecule has 10 heteroatoms. The Balaban J connectivity index is 1.36. The smallest absolute Gasteiger partial charge is 0.251 e. The van der Waals surface area contributed by atoms with Gasteiger partial charge in [0.05, 0.1) is 18.0 Å². The third-order valence-corrected chi connectivity index (χ3v) is 7.10. The summed E-state index contributed by atoms with van der Waals surface area (Å²) in [6.07, 6.45) is 1.72. The van der Waals surface area contributed by atoms with Gasteiger partial charge in [-0.3, -0.25) is 9.59 Å². The van der Waals surface area contributed by atoms with Crippen LogP contribution in [0, 0.1) is 13.8 Å². The van der Waals surface area contributed by atoms with Crippen LogP contribution in [0.3, 0.4) is 0 Å². The van der Waals surface area contributed by atoms with Gasteiger partial charge in [0.1, 0.15) is 0 Å². The van der Waals surface area contributed by atoms with Gasteiger partial charge in [-0.1, -0.05) is 65.9 Å². The van der Waals surface area contributed by atoms with Gasteiger partial charge in [0.2, 0.25) is 5.91 Å². The number of thiazole rings is 1. The molecule has 0 aliphatic rings. The quantitative estimate of drug-likeness (QED) is 0.230. The predicted molar refractivity (Wildman–Crippen MR) is 144 cm³/mol. The van der Waals surface area contributed by atoms with Crippen molar-refractivity contribution in [2.45, 2.75) is 32.1 Å². The Morgan fingerprint density at radius 1 is 1.08 bits per heavy atom. The molecule has 0 saturated heterocycles. The van der Waals surface area contributed by atoms with Gasteiger partial charge in [-0.15, -0.1) is 28.1 Å². The van der Waals surface area contributed by atoms with Crippen molar-refractivity contribution in [2.75, 3.05) is 11.1 Å². The van der Waals surface area contributed by atoms with E-state index in [9.17, 15) is 9.59 Å². The highest BCUT2D eigenvalue weighted by Crippen LogP contribution is 2.30. The zero-order chi connectivity index (χ0) is 25.5. The van der Waals surface area contributed by atoms with E-state index in [-0.39, 0.29) is 24.1 Å². The summed E-state index contributed by atoms with van der Waals surface area (Å²) in [6.45, 7) is 8.42. The SMILES string of the molecule is C=CCn1c(CNC(=O)c2ccc(C)cc2)nnc1SCC(=O)Nc1nc(-c2ccccc2)c(C)s1. The van der Waals surface area contributed by atoms with Crippen LogP contribution in [-0.2, 0) is 17.9 Å². The Hall–Kier alpha value is -3.76. The van der Waals surface area contributed by atoms with Crippen molar-refractivity contribution in [3.63, 3.8) is 0 Å². The number of nitrogens with one attached hydrogen (secondary N) is 2. The van der Waals surface area contributed by atoms with E-state index in [2.05, 4.69) is 32.4 Å². The molecular weight excluding hydrogens is 492 g/mol. The van der Waals surface area contributed by atoms with Crippen LogP contribution in [0.2, 0.25) is 0 Å². The van der Waals surface area contributed by atoms with E-state index in [0.717, 1.165) is 21.7 Å². The van der Waals surface area contributed by atoms with E-state index < -0.39 is 0 Å². The first-order chi connectivity index (χ1) is 17.4. The number of carbonyl (C=O) groups is 2. The number of thioether (sulfide) groups is 1. The molecule has 0 aliphatic carbocycles. The van der Waals surface area contributed by atoms with E-state index in [0.29, 0.717) is 28.2 Å². The fourth-order valence-electron chi connectivity index (χ4n) is 3.43. The van der Waals surface area contributed by atoms with E-state index >= 15 is 0 Å². The molecule has 0 bridgehead atoms. The Morgan fingerprint density at radius 2 is 1.83 bits per heavy atom. The van der Waals surface area contributed by atoms with E-state index in [4.69, 9.17) is 0 Å². The summed E-state index contributed by atoms with van der Waals surface area (Å²) < 4.78 is 1.83. The monoisotopic (exact) mass is 518 g/mol. The van der Waals surface area contributed by atoms with Crippen LogP contribution in [0.4, 0.5) is 5.13 Å². The van der Waals surface area contributed by atoms with Crippen LogP contribution >= 0.6 is 23.1 Å². The van der Waals surface area contributed by atoms with Gasteiger partial charge >= 0.3 is 0 Å². The molecule has 2 N–H and O–H groups in total. The molecule has 0 fully saturated rings. The number of anilines is 1. The molecule has 4 rings (SSSR count). The maximum atomic E-state index is 12.6. The number of hydrogen-bond donors (Lipinski definition) is 2. The lowest BCUT2D eigenvalue weighted by Gasteiger charge is -2.09. The van der Waals surface area contributed by atoms with Crippen LogP contribution in [0.15, 0.2) is 72.4 Å². The van der Waals surface area contributed by atoms with Crippen molar-refractivity contribution in [2.24, 2.45) is 0 Å². The first kappa shape index (κ1) is 25.3. The zero-order valence-electron chi connectivity index (χ0n) is 20.0. The molecular formula is C26H26N6O2S2. The number of aromatic nitrogens is 4. The standard InChI is InChI=1S/C26H26N6O2S2/c1-4-14-32-21(15-27-24(34)20-12-10-17(2)11-13-20)30-31-26(32)35-16-22(33)28-25-29-23(18(3)36-25)19-8-6-5-7-9-19/h4-13H,1,14-16H2,2-3H3,(H,27,34)(H,28,29,33). The minimum Gasteiger partial charge on any atom is -0.345 e. The highest BCUT2D eigenvalue weighted by Gasteiger charge is 2.16. The molecule has 0 unspecified atom stereocenters. The zero-order valence-corrected chi connectivity index (χ0v) is 21.7. The fourth-order valence-corrected chi connectivity index (χ4v) is 5.05. The van der Waals surface area contributed by atoms with Gasteiger partial charge in [-0.2, -0.15) is 0 Å². The Morgan fingerprint density at radius 3 is 2.56 bits per heavy atom. The van der Waals surface area contributed by atoms with Gasteiger partial charge in [-0.25, -0.2) is 4.98 Å². The molecule has 0 radical (unpaired) electrons. The average Bonchev–Trinajstić information content (AvgIpc) is 3.44. The van der Waals surface area contributed by atoms with Gasteiger partial charge in [0.15, 0.2) is 16.1 Å². The van der Waals surface area contributed by atoms with Crippen molar-refractivity contribution in [3.05, 3.63) is 89.1 Å². The predicted octanol–water partition coefficient (Wildman–Crippen LogP) is 4.87. The van der Waals surface area contributed by atoms with Gasteiger partial charge in [-0.05, 0) is 26.0 Å². The van der Waals surface area contributed by atoms with Crippen molar-refractivity contribution in [1.82, 2.24) is 25.1 Å². The first-order valence-corrected chi connectivity index (χ1v) is 13.1. The lowest BCUT2D eigenvalue weighted by atomic mass is 10.1. The summed E-state index contributed by atoms with van der Waals surface area (Å²) >= 11 is 2.71. The van der Waals surface area contributed by atoms with Crippen molar-refractivity contribution in [1.29, 1.82) is 0 Å². The molecule has 0 spiro atoms. The Labute approximate surface area is 217 Å². The topological polar surface area (TPSA) is 102 Å². The minimum atomic E-state index is -0.189. The van der Waals surface area contributed by atoms with Crippen LogP contribution in [0.5, 0.6) is 0 Å². The summed E-state index contributed by atoms with van der Waals surface area (Å²) in [5, 5.41) is 15.3. The number of hydrogen-bond acceptors (Lipinski definition) is 7. The highest BCUT2D eigenvalue weighted by atomic mass is 32.2. The number of nitrogens with zero attached hydrogens (tertiary/aromatic N) is 4. The lowest BCUT2D eigenvalue weighted by Crippen LogP contribution is -2.24. The molecule has 0 saturated carbocycles. The second kappa shape index (κ2) is 11.8. The third kappa shape index (κ3) is 6.27. The number of allylic oxidation sites excluding steroid dienone is 1. The lowest BCUT2D eigenvalue weighted by molar-refractivity contribution is -0.113. The van der Waals surface area contributed by atoms with Gasteiger partial charge in [0, 0.05) is 22.5 Å². The number of amides is 2. The summed E-state index contributed by atoms with van der Waals surface area (Å²) in [6, 6.07) is 17.2. The molecule has 2 heterocycles. The Bertz CT molecular complexity index is 1360. The summed E-state index contributed by atoms with van der Waals surface area (Å²) in [5.74, 6) is 0.354. The van der Waals surface area contributed by atoms with Gasteiger partial charge < -0.3 is 15.2 Å². The van der Waals surface area contributed by atoms with Crippen LogP contribution in [0.25, 0.3) is 11.3 Å². The summed E-state index contributed by atoms with van der Waals surface area (Å²) in [7, 11) is 0. The molecule has 0 atom stereocenters. The summed E-state index contributed by atoms with van der Waals surface area (Å²) in [5.41, 5.74) is 3.55. The average molecular weight is 519 g/mol. The number of aryl methyl sites for hydroxylation is 2. The molecule has 8 nitrogen and oxygen atoms in total. The maximum Gasteiger partial charge on any atom is 0.251 e. The maximum absolute atomic E-state index is 12.6. The molecule has 2 aromatic carbocycles. The number of carbonyl (C=O) groups excluding carboxylic acids is 2. The molecule has 36 heavy (non-hydrogen) atoms. The third-order valence-electron chi connectivity index (χ3n) is 5.25. The minimum absolute atomic E-state index is 0.143. The second-order valence-electron chi connectivity index (χ2n) is 7.97. The van der Waals surface area contributed by atoms with Crippen LogP contribution < -0.4 is 10.6 Å². The number of benzene rings is 2. The van der Waals surface area contributed by atoms with Crippen molar-refractivity contribution >= 4 is 40.0 Å². The molecule has 0 aliphatic heterocycles. The van der Waals surface area contributed by atoms with E-state index in [1.54, 1.807) is 18.2 Å².